The number of rotatable bonds is 10. The molecule has 4 unspecified atom stereocenters. The van der Waals surface area contributed by atoms with Gasteiger partial charge in [-0.25, -0.2) is 4.79 Å². The second-order valence-corrected chi connectivity index (χ2v) is 14.9. The molecule has 0 bridgehead atoms. The molecular weight excluding hydrogens is 711 g/mol. The van der Waals surface area contributed by atoms with Crippen molar-refractivity contribution in [2.24, 2.45) is 0 Å². The summed E-state index contributed by atoms with van der Waals surface area (Å²) < 4.78 is 46.2. The van der Waals surface area contributed by atoms with Gasteiger partial charge in [-0.05, 0) is 74.5 Å². The smallest absolute Gasteiger partial charge is 0.416 e. The Morgan fingerprint density at radius 3 is 2.22 bits per heavy atom. The lowest BCUT2D eigenvalue weighted by atomic mass is 9.81. The van der Waals surface area contributed by atoms with Gasteiger partial charge in [0.25, 0.3) is 11.8 Å². The van der Waals surface area contributed by atoms with E-state index < -0.39 is 59.2 Å². The number of halogens is 3. The summed E-state index contributed by atoms with van der Waals surface area (Å²) in [6, 6.07) is 20.8. The summed E-state index contributed by atoms with van der Waals surface area (Å²) in [5, 5.41) is 2.71. The number of alkyl halides is 3. The van der Waals surface area contributed by atoms with Gasteiger partial charge in [0.1, 0.15) is 12.6 Å². The number of amides is 4. The third-order valence-corrected chi connectivity index (χ3v) is 11.5. The maximum absolute atomic E-state index is 14.9. The molecule has 13 heteroatoms. The van der Waals surface area contributed by atoms with Crippen molar-refractivity contribution < 1.29 is 37.1 Å². The number of likely N-dealkylation sites (tertiary alicyclic amines) is 3. The summed E-state index contributed by atoms with van der Waals surface area (Å²) in [6.45, 7) is 3.88. The van der Waals surface area contributed by atoms with E-state index >= 15 is 0 Å². The summed E-state index contributed by atoms with van der Waals surface area (Å²) in [6.07, 6.45) is 3.12. The van der Waals surface area contributed by atoms with Crippen LogP contribution in [0.2, 0.25) is 0 Å². The van der Waals surface area contributed by atoms with Crippen molar-refractivity contribution in [3.05, 3.63) is 113 Å². The van der Waals surface area contributed by atoms with Crippen molar-refractivity contribution in [3.63, 3.8) is 0 Å². The maximum Gasteiger partial charge on any atom is 0.416 e. The molecule has 290 valence electrons. The first kappa shape index (κ1) is 38.1. The van der Waals surface area contributed by atoms with Crippen molar-refractivity contribution in [1.29, 1.82) is 0 Å². The van der Waals surface area contributed by atoms with Crippen molar-refractivity contribution in [1.82, 2.24) is 24.9 Å². The Balaban J connectivity index is 1.23. The molecule has 1 N–H and O–H groups in total. The Morgan fingerprint density at radius 2 is 1.55 bits per heavy atom. The SMILES string of the molecule is CC(C(=O)NCc1cccc(C(F)(F)F)c1)(C(=O)N1CCC(N2CCCCC2)CC1)N1C(=O)C(N2C(=O)OCC2c2ccccc2)C1/C=C/c1ccccc1. The minimum atomic E-state index is -4.59. The minimum absolute atomic E-state index is 0.0153. The van der Waals surface area contributed by atoms with Crippen molar-refractivity contribution >= 4 is 29.9 Å². The number of carbonyl (C=O) groups is 4. The standard InChI is InChI=1S/C42H46F3N5O5/c1-41(38(52)46-27-30-14-11-17-32(26-30)42(43,44)45,39(53)48-24-20-33(21-25-48)47-22-9-4-10-23-47)50-34(19-18-29-12-5-2-6-13-29)36(37(50)51)49-35(28-55-40(49)54)31-15-7-3-8-16-31/h2-3,5-8,11-19,26,33-36H,4,9-10,20-25,27-28H2,1H3,(H,46,52)/b19-18+. The highest BCUT2D eigenvalue weighted by Crippen LogP contribution is 2.42. The van der Waals surface area contributed by atoms with Crippen LogP contribution in [0.4, 0.5) is 18.0 Å². The summed E-state index contributed by atoms with van der Waals surface area (Å²) in [5.74, 6) is -2.03. The fraction of sp³-hybridized carbons (Fsp3) is 0.429. The molecule has 4 amide bonds. The fourth-order valence-corrected chi connectivity index (χ4v) is 8.48. The van der Waals surface area contributed by atoms with E-state index in [0.29, 0.717) is 32.0 Å². The van der Waals surface area contributed by atoms with Gasteiger partial charge in [-0.1, -0.05) is 91.4 Å². The Kier molecular flexibility index (Phi) is 11.0. The lowest BCUT2D eigenvalue weighted by molar-refractivity contribution is -0.179. The van der Waals surface area contributed by atoms with Crippen LogP contribution in [-0.4, -0.2) is 99.9 Å². The molecule has 0 radical (unpaired) electrons. The second kappa shape index (κ2) is 15.9. The number of piperidine rings is 2. The number of benzene rings is 3. The average Bonchev–Trinajstić information content (AvgIpc) is 3.58. The molecule has 10 nitrogen and oxygen atoms in total. The van der Waals surface area contributed by atoms with E-state index in [-0.39, 0.29) is 18.7 Å². The van der Waals surface area contributed by atoms with Crippen LogP contribution in [0.25, 0.3) is 6.08 Å². The number of carbonyl (C=O) groups excluding carboxylic acids is 4. The monoisotopic (exact) mass is 757 g/mol. The van der Waals surface area contributed by atoms with Crippen LogP contribution < -0.4 is 5.32 Å². The van der Waals surface area contributed by atoms with Gasteiger partial charge in [0.05, 0.1) is 17.6 Å². The molecule has 0 saturated carbocycles. The van der Waals surface area contributed by atoms with Crippen LogP contribution in [0.15, 0.2) is 91.0 Å². The first-order valence-corrected chi connectivity index (χ1v) is 19.0. The maximum atomic E-state index is 14.9. The van der Waals surface area contributed by atoms with E-state index in [9.17, 15) is 32.3 Å². The predicted octanol–water partition coefficient (Wildman–Crippen LogP) is 6.04. The number of β-lactam (4-membered cyclic amide) rings is 1. The summed E-state index contributed by atoms with van der Waals surface area (Å²) in [4.78, 5) is 64.3. The minimum Gasteiger partial charge on any atom is -0.447 e. The van der Waals surface area contributed by atoms with Gasteiger partial charge in [-0.2, -0.15) is 13.2 Å². The van der Waals surface area contributed by atoms with Crippen LogP contribution in [0, 0.1) is 0 Å². The molecule has 7 rings (SSSR count). The Labute approximate surface area is 318 Å². The van der Waals surface area contributed by atoms with Gasteiger partial charge in [-0.3, -0.25) is 19.3 Å². The van der Waals surface area contributed by atoms with Gasteiger partial charge < -0.3 is 24.8 Å². The molecule has 0 spiro atoms. The van der Waals surface area contributed by atoms with Gasteiger partial charge in [0.15, 0.2) is 5.54 Å². The molecule has 4 heterocycles. The molecule has 4 saturated heterocycles. The molecule has 55 heavy (non-hydrogen) atoms. The zero-order valence-electron chi connectivity index (χ0n) is 30.8. The van der Waals surface area contributed by atoms with E-state index in [2.05, 4.69) is 10.2 Å². The number of ether oxygens (including phenoxy) is 1. The van der Waals surface area contributed by atoms with E-state index in [1.54, 1.807) is 17.1 Å². The zero-order valence-corrected chi connectivity index (χ0v) is 30.8. The fourth-order valence-electron chi connectivity index (χ4n) is 8.48. The lowest BCUT2D eigenvalue weighted by Gasteiger charge is -2.56. The molecule has 3 aromatic rings. The molecule has 3 aromatic carbocycles. The largest absolute Gasteiger partial charge is 0.447 e. The summed E-state index contributed by atoms with van der Waals surface area (Å²) in [5.41, 5.74) is -1.25. The molecule has 4 aliphatic rings. The number of nitrogens with zero attached hydrogens (tertiary/aromatic N) is 4. The number of hydrogen-bond donors (Lipinski definition) is 1. The second-order valence-electron chi connectivity index (χ2n) is 14.9. The van der Waals surface area contributed by atoms with Crippen LogP contribution in [0.3, 0.4) is 0 Å². The van der Waals surface area contributed by atoms with Crippen molar-refractivity contribution in [2.75, 3.05) is 32.8 Å². The first-order valence-electron chi connectivity index (χ1n) is 19.0. The van der Waals surface area contributed by atoms with Crippen molar-refractivity contribution in [3.8, 4) is 0 Å². The van der Waals surface area contributed by atoms with Crippen LogP contribution in [0.1, 0.15) is 67.3 Å². The number of cyclic esters (lactones) is 1. The first-order chi connectivity index (χ1) is 26.5. The van der Waals surface area contributed by atoms with Crippen LogP contribution >= 0.6 is 0 Å². The van der Waals surface area contributed by atoms with E-state index in [1.807, 2.05) is 60.7 Å². The van der Waals surface area contributed by atoms with Gasteiger partial charge in [0, 0.05) is 25.7 Å². The highest BCUT2D eigenvalue weighted by molar-refractivity contribution is 6.14. The van der Waals surface area contributed by atoms with Gasteiger partial charge in [-0.15, -0.1) is 0 Å². The summed E-state index contributed by atoms with van der Waals surface area (Å²) >= 11 is 0. The highest BCUT2D eigenvalue weighted by Gasteiger charge is 2.64. The molecular formula is C42H46F3N5O5. The Hall–Kier alpha value is -5.17. The van der Waals surface area contributed by atoms with Crippen LogP contribution in [-0.2, 0) is 31.8 Å². The van der Waals surface area contributed by atoms with E-state index in [0.717, 1.165) is 49.2 Å². The quantitative estimate of drug-likeness (QED) is 0.200. The molecule has 4 fully saturated rings. The average molecular weight is 758 g/mol. The molecule has 4 aliphatic heterocycles. The Bertz CT molecular complexity index is 1900. The lowest BCUT2D eigenvalue weighted by Crippen LogP contribution is -2.80. The zero-order chi connectivity index (χ0) is 38.7. The molecule has 0 aromatic heterocycles. The third-order valence-electron chi connectivity index (χ3n) is 11.5. The number of nitrogens with one attached hydrogen (secondary N) is 1. The van der Waals surface area contributed by atoms with Gasteiger partial charge >= 0.3 is 12.3 Å². The molecule has 4 atom stereocenters. The predicted molar refractivity (Wildman–Crippen MR) is 199 cm³/mol. The Morgan fingerprint density at radius 1 is 0.873 bits per heavy atom. The summed E-state index contributed by atoms with van der Waals surface area (Å²) in [7, 11) is 0. The number of hydrogen-bond acceptors (Lipinski definition) is 6. The van der Waals surface area contributed by atoms with Gasteiger partial charge in [0.2, 0.25) is 5.91 Å². The topological polar surface area (TPSA) is 103 Å². The van der Waals surface area contributed by atoms with E-state index in [1.165, 1.54) is 35.3 Å². The van der Waals surface area contributed by atoms with Crippen molar-refractivity contribution in [2.45, 2.75) is 81.5 Å². The molecule has 0 aliphatic carbocycles. The van der Waals surface area contributed by atoms with E-state index in [4.69, 9.17) is 4.74 Å². The normalized spacial score (nSPS) is 23.7. The third kappa shape index (κ3) is 7.71. The van der Waals surface area contributed by atoms with Crippen LogP contribution in [0.5, 0.6) is 0 Å². The highest BCUT2D eigenvalue weighted by atomic mass is 19.4.